The average molecular weight is 365 g/mol. The van der Waals surface area contributed by atoms with Crippen molar-refractivity contribution >= 4 is 0 Å². The Morgan fingerprint density at radius 3 is 2.63 bits per heavy atom. The number of rotatable bonds is 5. The molecule has 0 radical (unpaired) electrons. The first kappa shape index (κ1) is 17.9. The van der Waals surface area contributed by atoms with E-state index in [1.807, 2.05) is 13.0 Å². The van der Waals surface area contributed by atoms with Crippen molar-refractivity contribution in [3.63, 3.8) is 0 Å². The minimum Gasteiger partial charge on any atom is -0.425 e. The van der Waals surface area contributed by atoms with E-state index in [2.05, 4.69) is 57.9 Å². The summed E-state index contributed by atoms with van der Waals surface area (Å²) in [4.78, 5) is 2.50. The van der Waals surface area contributed by atoms with Crippen LogP contribution in [0, 0.1) is 20.8 Å². The molecule has 0 spiro atoms. The lowest BCUT2D eigenvalue weighted by Gasteiger charge is -2.31. The molecule has 3 aromatic rings. The lowest BCUT2D eigenvalue weighted by atomic mass is 9.97. The normalized spacial score (nSPS) is 18.1. The Balaban J connectivity index is 1.47. The fourth-order valence-corrected chi connectivity index (χ4v) is 3.97. The molecular formula is C21H27N5O. The molecule has 1 fully saturated rings. The predicted molar refractivity (Wildman–Crippen MR) is 104 cm³/mol. The second kappa shape index (κ2) is 7.64. The Morgan fingerprint density at radius 1 is 1.07 bits per heavy atom. The van der Waals surface area contributed by atoms with E-state index in [4.69, 9.17) is 9.52 Å². The van der Waals surface area contributed by atoms with E-state index in [1.165, 1.54) is 16.8 Å². The van der Waals surface area contributed by atoms with Crippen molar-refractivity contribution in [3.05, 3.63) is 64.6 Å². The smallest absolute Gasteiger partial charge is 0.220 e. The Morgan fingerprint density at radius 2 is 1.89 bits per heavy atom. The Hall–Kier alpha value is -2.47. The van der Waals surface area contributed by atoms with Gasteiger partial charge in [0.05, 0.1) is 18.2 Å². The van der Waals surface area contributed by atoms with Gasteiger partial charge in [0.2, 0.25) is 11.8 Å². The summed E-state index contributed by atoms with van der Waals surface area (Å²) in [5, 5.41) is 13.0. The summed E-state index contributed by atoms with van der Waals surface area (Å²) in [6.45, 7) is 9.96. The van der Waals surface area contributed by atoms with Crippen molar-refractivity contribution in [1.82, 2.24) is 24.9 Å². The molecule has 27 heavy (non-hydrogen) atoms. The van der Waals surface area contributed by atoms with E-state index in [0.717, 1.165) is 50.6 Å². The van der Waals surface area contributed by atoms with Gasteiger partial charge in [0, 0.05) is 31.3 Å². The van der Waals surface area contributed by atoms with Crippen LogP contribution in [0.5, 0.6) is 0 Å². The van der Waals surface area contributed by atoms with Crippen molar-refractivity contribution in [1.29, 1.82) is 0 Å². The maximum absolute atomic E-state index is 5.67. The van der Waals surface area contributed by atoms with Crippen LogP contribution in [-0.2, 0) is 13.1 Å². The molecule has 0 amide bonds. The number of likely N-dealkylation sites (tertiary alicyclic amines) is 1. The maximum atomic E-state index is 5.67. The molecule has 0 aliphatic carbocycles. The quantitative estimate of drug-likeness (QED) is 0.691. The summed E-state index contributed by atoms with van der Waals surface area (Å²) in [5.41, 5.74) is 5.00. The molecule has 6 nitrogen and oxygen atoms in total. The molecule has 0 saturated carbocycles. The lowest BCUT2D eigenvalue weighted by Crippen LogP contribution is -2.34. The third kappa shape index (κ3) is 3.95. The number of hydrogen-bond acceptors (Lipinski definition) is 5. The number of aromatic nitrogens is 4. The van der Waals surface area contributed by atoms with Crippen LogP contribution in [0.3, 0.4) is 0 Å². The molecule has 2 aromatic heterocycles. The molecule has 1 atom stereocenters. The highest BCUT2D eigenvalue weighted by Gasteiger charge is 2.26. The third-order valence-electron chi connectivity index (χ3n) is 5.48. The van der Waals surface area contributed by atoms with Crippen molar-refractivity contribution in [2.75, 3.05) is 13.1 Å². The van der Waals surface area contributed by atoms with Gasteiger partial charge in [-0.1, -0.05) is 30.3 Å². The van der Waals surface area contributed by atoms with Gasteiger partial charge in [-0.05, 0) is 38.8 Å². The van der Waals surface area contributed by atoms with Crippen molar-refractivity contribution in [2.45, 2.75) is 52.6 Å². The zero-order valence-electron chi connectivity index (χ0n) is 16.4. The summed E-state index contributed by atoms with van der Waals surface area (Å²) >= 11 is 0. The molecule has 0 N–H and O–H groups in total. The Bertz CT molecular complexity index is 899. The van der Waals surface area contributed by atoms with E-state index in [9.17, 15) is 0 Å². The Labute approximate surface area is 160 Å². The zero-order valence-corrected chi connectivity index (χ0v) is 16.4. The van der Waals surface area contributed by atoms with Crippen LogP contribution >= 0.6 is 0 Å². The van der Waals surface area contributed by atoms with E-state index < -0.39 is 0 Å². The van der Waals surface area contributed by atoms with Gasteiger partial charge in [0.1, 0.15) is 0 Å². The number of nitrogens with zero attached hydrogens (tertiary/aromatic N) is 5. The van der Waals surface area contributed by atoms with Gasteiger partial charge in [-0.3, -0.25) is 9.58 Å². The first-order valence-electron chi connectivity index (χ1n) is 9.69. The number of benzene rings is 1. The van der Waals surface area contributed by atoms with Gasteiger partial charge in [0.25, 0.3) is 0 Å². The van der Waals surface area contributed by atoms with Gasteiger partial charge in [-0.2, -0.15) is 5.10 Å². The van der Waals surface area contributed by atoms with Crippen LogP contribution in [0.2, 0.25) is 0 Å². The van der Waals surface area contributed by atoms with Crippen molar-refractivity contribution in [2.24, 2.45) is 0 Å². The van der Waals surface area contributed by atoms with Gasteiger partial charge >= 0.3 is 0 Å². The molecule has 1 aliphatic heterocycles. The number of hydrogen-bond donors (Lipinski definition) is 0. The van der Waals surface area contributed by atoms with E-state index in [-0.39, 0.29) is 0 Å². The lowest BCUT2D eigenvalue weighted by molar-refractivity contribution is 0.184. The summed E-state index contributed by atoms with van der Waals surface area (Å²) in [5.74, 6) is 1.77. The van der Waals surface area contributed by atoms with Crippen LogP contribution in [0.25, 0.3) is 0 Å². The molecule has 6 heteroatoms. The van der Waals surface area contributed by atoms with Gasteiger partial charge in [-0.15, -0.1) is 10.2 Å². The molecule has 0 bridgehead atoms. The summed E-state index contributed by atoms with van der Waals surface area (Å²) in [7, 11) is 0. The minimum absolute atomic E-state index is 0.333. The van der Waals surface area contributed by atoms with E-state index >= 15 is 0 Å². The van der Waals surface area contributed by atoms with Gasteiger partial charge in [-0.25, -0.2) is 0 Å². The molecule has 142 valence electrons. The van der Waals surface area contributed by atoms with Gasteiger partial charge < -0.3 is 4.42 Å². The van der Waals surface area contributed by atoms with Crippen LogP contribution < -0.4 is 0 Å². The van der Waals surface area contributed by atoms with E-state index in [1.54, 1.807) is 0 Å². The zero-order chi connectivity index (χ0) is 18.8. The molecule has 1 aromatic carbocycles. The summed E-state index contributed by atoms with van der Waals surface area (Å²) in [6.07, 6.45) is 2.27. The van der Waals surface area contributed by atoms with Crippen LogP contribution in [0.4, 0.5) is 0 Å². The molecule has 3 heterocycles. The van der Waals surface area contributed by atoms with Crippen LogP contribution in [0.15, 0.2) is 34.7 Å². The number of piperidine rings is 1. The van der Waals surface area contributed by atoms with Crippen LogP contribution in [-0.4, -0.2) is 38.0 Å². The fraction of sp³-hybridized carbons (Fsp3) is 0.476. The topological polar surface area (TPSA) is 60.0 Å². The van der Waals surface area contributed by atoms with Gasteiger partial charge in [0.15, 0.2) is 0 Å². The third-order valence-corrected chi connectivity index (χ3v) is 5.48. The first-order valence-corrected chi connectivity index (χ1v) is 9.69. The second-order valence-electron chi connectivity index (χ2n) is 7.53. The summed E-state index contributed by atoms with van der Waals surface area (Å²) in [6, 6.07) is 10.5. The van der Waals surface area contributed by atoms with Crippen LogP contribution in [0.1, 0.15) is 53.1 Å². The monoisotopic (exact) mass is 365 g/mol. The molecule has 4 rings (SSSR count). The highest BCUT2D eigenvalue weighted by molar-refractivity contribution is 5.26. The van der Waals surface area contributed by atoms with E-state index in [0.29, 0.717) is 11.8 Å². The fourth-order valence-electron chi connectivity index (χ4n) is 3.97. The van der Waals surface area contributed by atoms with Crippen molar-refractivity contribution < 1.29 is 4.42 Å². The minimum atomic E-state index is 0.333. The number of aryl methyl sites for hydroxylation is 2. The molecule has 1 unspecified atom stereocenters. The first-order chi connectivity index (χ1) is 13.1. The largest absolute Gasteiger partial charge is 0.425 e. The highest BCUT2D eigenvalue weighted by atomic mass is 16.4. The average Bonchev–Trinajstić information content (AvgIpc) is 3.22. The van der Waals surface area contributed by atoms with Crippen molar-refractivity contribution in [3.8, 4) is 0 Å². The SMILES string of the molecule is Cc1nnc(C2CCCN(Cc3c(C)nn(Cc4ccccc4)c3C)C2)o1. The maximum Gasteiger partial charge on any atom is 0.220 e. The standard InChI is InChI=1S/C21H27N5O/c1-15-20(16(2)26(24-15)12-18-8-5-4-6-9-18)14-25-11-7-10-19(13-25)21-23-22-17(3)27-21/h4-6,8-9,19H,7,10-14H2,1-3H3. The summed E-state index contributed by atoms with van der Waals surface area (Å²) < 4.78 is 7.80. The second-order valence-corrected chi connectivity index (χ2v) is 7.53. The Kier molecular flexibility index (Phi) is 5.07. The molecule has 1 saturated heterocycles. The molecular weight excluding hydrogens is 338 g/mol. The predicted octanol–water partition coefficient (Wildman–Crippen LogP) is 3.62. The highest BCUT2D eigenvalue weighted by Crippen LogP contribution is 2.28. The molecule has 1 aliphatic rings.